The third kappa shape index (κ3) is 3.97. The van der Waals surface area contributed by atoms with Gasteiger partial charge in [0, 0.05) is 0 Å². The summed E-state index contributed by atoms with van der Waals surface area (Å²) in [6.07, 6.45) is 1.62. The summed E-state index contributed by atoms with van der Waals surface area (Å²) in [5, 5.41) is 13.2. The van der Waals surface area contributed by atoms with Crippen molar-refractivity contribution >= 4 is 29.5 Å². The van der Waals surface area contributed by atoms with Crippen molar-refractivity contribution in [3.8, 4) is 5.75 Å². The number of benzene rings is 2. The summed E-state index contributed by atoms with van der Waals surface area (Å²) < 4.78 is 5.06. The van der Waals surface area contributed by atoms with Crippen molar-refractivity contribution in [3.63, 3.8) is 0 Å². The zero-order valence-corrected chi connectivity index (χ0v) is 12.0. The van der Waals surface area contributed by atoms with Gasteiger partial charge in [-0.15, -0.1) is 0 Å². The standard InChI is InChI=1S/C15H13ClN2O3/c1-21-12-5-2-10(3-6-12)9-17-18-11-4-7-14(16)13(8-11)15(19)20/h2-9,18H,1H3,(H,19,20)/b17-9+. The summed E-state index contributed by atoms with van der Waals surface area (Å²) in [7, 11) is 1.60. The van der Waals surface area contributed by atoms with Crippen molar-refractivity contribution in [1.29, 1.82) is 0 Å². The minimum Gasteiger partial charge on any atom is -0.497 e. The number of methoxy groups -OCH3 is 1. The number of hydrogen-bond acceptors (Lipinski definition) is 4. The highest BCUT2D eigenvalue weighted by Crippen LogP contribution is 2.20. The van der Waals surface area contributed by atoms with Gasteiger partial charge in [0.15, 0.2) is 0 Å². The van der Waals surface area contributed by atoms with Gasteiger partial charge in [0.2, 0.25) is 0 Å². The SMILES string of the molecule is COc1ccc(/C=N/Nc2ccc(Cl)c(C(=O)O)c2)cc1. The number of aromatic carboxylic acids is 1. The lowest BCUT2D eigenvalue weighted by atomic mass is 10.2. The lowest BCUT2D eigenvalue weighted by Gasteiger charge is -2.03. The molecule has 0 spiro atoms. The van der Waals surface area contributed by atoms with Gasteiger partial charge in [-0.05, 0) is 48.0 Å². The fourth-order valence-electron chi connectivity index (χ4n) is 1.63. The molecule has 0 aliphatic heterocycles. The normalized spacial score (nSPS) is 10.6. The van der Waals surface area contributed by atoms with Crippen LogP contribution in [0.5, 0.6) is 5.75 Å². The quantitative estimate of drug-likeness (QED) is 0.655. The van der Waals surface area contributed by atoms with Crippen LogP contribution >= 0.6 is 11.6 Å². The van der Waals surface area contributed by atoms with Gasteiger partial charge >= 0.3 is 5.97 Å². The van der Waals surface area contributed by atoms with Crippen molar-refractivity contribution in [1.82, 2.24) is 0 Å². The third-order valence-electron chi connectivity index (χ3n) is 2.72. The molecule has 0 saturated carbocycles. The molecule has 0 amide bonds. The molecule has 0 aliphatic rings. The average Bonchev–Trinajstić information content (AvgIpc) is 2.49. The Morgan fingerprint density at radius 1 is 1.29 bits per heavy atom. The van der Waals surface area contributed by atoms with Crippen LogP contribution in [0.25, 0.3) is 0 Å². The maximum atomic E-state index is 11.0. The molecular formula is C15H13ClN2O3. The van der Waals surface area contributed by atoms with E-state index in [-0.39, 0.29) is 10.6 Å². The van der Waals surface area contributed by atoms with Gasteiger partial charge in [-0.1, -0.05) is 11.6 Å². The van der Waals surface area contributed by atoms with E-state index in [1.54, 1.807) is 19.4 Å². The molecule has 0 fully saturated rings. The first kappa shape index (κ1) is 14.9. The van der Waals surface area contributed by atoms with Crippen LogP contribution in [0, 0.1) is 0 Å². The largest absolute Gasteiger partial charge is 0.497 e. The molecule has 108 valence electrons. The van der Waals surface area contributed by atoms with Gasteiger partial charge in [-0.3, -0.25) is 5.43 Å². The number of ether oxygens (including phenoxy) is 1. The molecule has 0 heterocycles. The van der Waals surface area contributed by atoms with Gasteiger partial charge in [0.05, 0.1) is 29.6 Å². The van der Waals surface area contributed by atoms with E-state index in [1.807, 2.05) is 24.3 Å². The Kier molecular flexibility index (Phi) is 4.79. The number of hydrazone groups is 1. The molecule has 0 atom stereocenters. The Hall–Kier alpha value is -2.53. The maximum Gasteiger partial charge on any atom is 0.337 e. The van der Waals surface area contributed by atoms with E-state index in [0.29, 0.717) is 5.69 Å². The predicted molar refractivity (Wildman–Crippen MR) is 82.6 cm³/mol. The third-order valence-corrected chi connectivity index (χ3v) is 3.05. The molecule has 2 N–H and O–H groups in total. The Labute approximate surface area is 126 Å². The zero-order valence-electron chi connectivity index (χ0n) is 11.2. The lowest BCUT2D eigenvalue weighted by Crippen LogP contribution is -1.99. The summed E-state index contributed by atoms with van der Waals surface area (Å²) >= 11 is 5.79. The van der Waals surface area contributed by atoms with E-state index in [4.69, 9.17) is 21.4 Å². The highest BCUT2D eigenvalue weighted by Gasteiger charge is 2.08. The molecule has 0 bridgehead atoms. The molecule has 2 rings (SSSR count). The van der Waals surface area contributed by atoms with Gasteiger partial charge in [-0.2, -0.15) is 5.10 Å². The van der Waals surface area contributed by atoms with Crippen molar-refractivity contribution < 1.29 is 14.6 Å². The van der Waals surface area contributed by atoms with Crippen LogP contribution < -0.4 is 10.2 Å². The zero-order chi connectivity index (χ0) is 15.2. The van der Waals surface area contributed by atoms with Crippen LogP contribution in [-0.4, -0.2) is 24.4 Å². The minimum atomic E-state index is -1.08. The number of carboxylic acids is 1. The molecule has 0 aliphatic carbocycles. The summed E-state index contributed by atoms with van der Waals surface area (Å²) in [4.78, 5) is 11.0. The van der Waals surface area contributed by atoms with Crippen molar-refractivity contribution in [2.75, 3.05) is 12.5 Å². The fourth-order valence-corrected chi connectivity index (χ4v) is 1.83. The Morgan fingerprint density at radius 2 is 2.00 bits per heavy atom. The number of halogens is 1. The predicted octanol–water partition coefficient (Wildman–Crippen LogP) is 3.49. The van der Waals surface area contributed by atoms with Crippen LogP contribution in [0.15, 0.2) is 47.6 Å². The monoisotopic (exact) mass is 304 g/mol. The van der Waals surface area contributed by atoms with E-state index in [9.17, 15) is 4.79 Å². The first-order valence-electron chi connectivity index (χ1n) is 6.06. The number of carbonyl (C=O) groups is 1. The number of rotatable bonds is 5. The van der Waals surface area contributed by atoms with Gasteiger partial charge in [-0.25, -0.2) is 4.79 Å². The Morgan fingerprint density at radius 3 is 2.62 bits per heavy atom. The fraction of sp³-hybridized carbons (Fsp3) is 0.0667. The average molecular weight is 305 g/mol. The molecule has 0 saturated heterocycles. The molecule has 0 unspecified atom stereocenters. The van der Waals surface area contributed by atoms with E-state index >= 15 is 0 Å². The highest BCUT2D eigenvalue weighted by atomic mass is 35.5. The summed E-state index contributed by atoms with van der Waals surface area (Å²) in [6, 6.07) is 12.0. The van der Waals surface area contributed by atoms with Crippen LogP contribution in [0.1, 0.15) is 15.9 Å². The van der Waals surface area contributed by atoms with E-state index < -0.39 is 5.97 Å². The Balaban J connectivity index is 2.06. The summed E-state index contributed by atoms with van der Waals surface area (Å²) in [5.74, 6) is -0.313. The van der Waals surface area contributed by atoms with Gasteiger partial charge < -0.3 is 9.84 Å². The molecule has 0 radical (unpaired) electrons. The van der Waals surface area contributed by atoms with Crippen LogP contribution in [-0.2, 0) is 0 Å². The second-order valence-corrected chi connectivity index (χ2v) is 4.55. The topological polar surface area (TPSA) is 70.9 Å². The number of carboxylic acid groups (broad SMARTS) is 1. The van der Waals surface area contributed by atoms with Crippen LogP contribution in [0.4, 0.5) is 5.69 Å². The van der Waals surface area contributed by atoms with Crippen molar-refractivity contribution in [2.24, 2.45) is 5.10 Å². The summed E-state index contributed by atoms with van der Waals surface area (Å²) in [6.45, 7) is 0. The summed E-state index contributed by atoms with van der Waals surface area (Å²) in [5.41, 5.74) is 4.22. The van der Waals surface area contributed by atoms with E-state index in [0.717, 1.165) is 11.3 Å². The molecule has 6 heteroatoms. The second-order valence-electron chi connectivity index (χ2n) is 4.14. The molecule has 2 aromatic rings. The van der Waals surface area contributed by atoms with Crippen molar-refractivity contribution in [2.45, 2.75) is 0 Å². The van der Waals surface area contributed by atoms with Crippen LogP contribution in [0.2, 0.25) is 5.02 Å². The van der Waals surface area contributed by atoms with Crippen molar-refractivity contribution in [3.05, 3.63) is 58.6 Å². The number of hydrogen-bond donors (Lipinski definition) is 2. The maximum absolute atomic E-state index is 11.0. The molecule has 0 aromatic heterocycles. The smallest absolute Gasteiger partial charge is 0.337 e. The van der Waals surface area contributed by atoms with E-state index in [2.05, 4.69) is 10.5 Å². The second kappa shape index (κ2) is 6.76. The van der Waals surface area contributed by atoms with E-state index in [1.165, 1.54) is 12.1 Å². The number of anilines is 1. The Bertz CT molecular complexity index is 669. The molecule has 2 aromatic carbocycles. The minimum absolute atomic E-state index is 0.0290. The molecule has 21 heavy (non-hydrogen) atoms. The number of nitrogens with zero attached hydrogens (tertiary/aromatic N) is 1. The number of nitrogens with one attached hydrogen (secondary N) is 1. The first-order valence-corrected chi connectivity index (χ1v) is 6.44. The van der Waals surface area contributed by atoms with Gasteiger partial charge in [0.1, 0.15) is 5.75 Å². The lowest BCUT2D eigenvalue weighted by molar-refractivity contribution is 0.0697. The highest BCUT2D eigenvalue weighted by molar-refractivity contribution is 6.33. The molecule has 5 nitrogen and oxygen atoms in total. The molecular weight excluding hydrogens is 292 g/mol. The van der Waals surface area contributed by atoms with Crippen LogP contribution in [0.3, 0.4) is 0 Å². The first-order chi connectivity index (χ1) is 10.1. The van der Waals surface area contributed by atoms with Gasteiger partial charge in [0.25, 0.3) is 0 Å².